The molecule has 26 heavy (non-hydrogen) atoms. The van der Waals surface area contributed by atoms with Gasteiger partial charge >= 0.3 is 18.0 Å². The minimum absolute atomic E-state index is 0.273. The molecule has 0 aliphatic heterocycles. The molecule has 2 rings (SSSR count). The van der Waals surface area contributed by atoms with Crippen LogP contribution in [0.5, 0.6) is 0 Å². The van der Waals surface area contributed by atoms with Crippen LogP contribution >= 0.6 is 0 Å². The molecule has 0 saturated carbocycles. The highest BCUT2D eigenvalue weighted by Gasteiger charge is 2.76. The molecule has 2 aromatic carbocycles. The number of hydrogen-bond donors (Lipinski definition) is 1. The molecule has 0 saturated heterocycles. The largest absolute Gasteiger partial charge is 0.507 e. The maximum atomic E-state index is 13.6. The van der Waals surface area contributed by atoms with Crippen LogP contribution in [0.1, 0.15) is 5.56 Å². The minimum Gasteiger partial charge on any atom is -0.507 e. The topological polar surface area (TPSA) is 37.3 Å². The fourth-order valence-corrected chi connectivity index (χ4v) is 2.12. The zero-order valence-corrected chi connectivity index (χ0v) is 12.4. The number of benzene rings is 2. The van der Waals surface area contributed by atoms with Crippen LogP contribution in [0.4, 0.5) is 35.1 Å². The first-order valence-corrected chi connectivity index (χ1v) is 6.74. The Morgan fingerprint density at radius 1 is 0.846 bits per heavy atom. The Hall–Kier alpha value is -2.65. The quantitative estimate of drug-likeness (QED) is 0.444. The highest BCUT2D eigenvalue weighted by atomic mass is 19.4. The minimum atomic E-state index is -6.57. The van der Waals surface area contributed by atoms with Crippen LogP contribution in [-0.4, -0.2) is 28.9 Å². The van der Waals surface area contributed by atoms with E-state index in [0.29, 0.717) is 5.39 Å². The summed E-state index contributed by atoms with van der Waals surface area (Å²) in [5, 5.41) is 10.3. The SMILES string of the molecule is O=C(/C=C(\O)c1ccc2cc(F)ccc2c1)C(F)(C(F)(F)F)C(F)(F)F. The lowest BCUT2D eigenvalue weighted by atomic mass is 9.97. The lowest BCUT2D eigenvalue weighted by Gasteiger charge is -2.27. The average Bonchev–Trinajstić information content (AvgIpc) is 2.51. The molecule has 0 aliphatic carbocycles. The standard InChI is InChI=1S/C16H8F8O2/c17-11-4-3-8-5-10(2-1-9(8)6-11)12(25)7-13(26)14(18,15(19,20)21)16(22,23)24/h1-7,25H/b12-7-. The molecule has 140 valence electrons. The third-order valence-electron chi connectivity index (χ3n) is 3.49. The fraction of sp³-hybridized carbons (Fsp3) is 0.188. The molecule has 0 heterocycles. The molecular weight excluding hydrogens is 376 g/mol. The summed E-state index contributed by atoms with van der Waals surface area (Å²) in [6, 6.07) is 6.65. The molecule has 0 aromatic heterocycles. The second kappa shape index (κ2) is 6.26. The van der Waals surface area contributed by atoms with E-state index in [1.165, 1.54) is 12.1 Å². The van der Waals surface area contributed by atoms with Crippen molar-refractivity contribution in [3.05, 3.63) is 53.9 Å². The van der Waals surface area contributed by atoms with Crippen molar-refractivity contribution in [2.24, 2.45) is 0 Å². The number of carbonyl (C=O) groups excluding carboxylic acids is 1. The van der Waals surface area contributed by atoms with Gasteiger partial charge in [-0.15, -0.1) is 0 Å². The van der Waals surface area contributed by atoms with E-state index in [0.717, 1.165) is 24.3 Å². The van der Waals surface area contributed by atoms with Gasteiger partial charge in [0.25, 0.3) is 0 Å². The number of alkyl halides is 7. The third-order valence-corrected chi connectivity index (χ3v) is 3.49. The van der Waals surface area contributed by atoms with E-state index in [2.05, 4.69) is 0 Å². The Labute approximate surface area is 140 Å². The van der Waals surface area contributed by atoms with Crippen molar-refractivity contribution in [1.82, 2.24) is 0 Å². The highest BCUT2D eigenvalue weighted by molar-refractivity contribution is 6.03. The lowest BCUT2D eigenvalue weighted by Crippen LogP contribution is -2.58. The van der Waals surface area contributed by atoms with Gasteiger partial charge in [0.15, 0.2) is 0 Å². The van der Waals surface area contributed by atoms with E-state index in [9.17, 15) is 45.0 Å². The predicted molar refractivity (Wildman–Crippen MR) is 75.5 cm³/mol. The number of carbonyl (C=O) groups is 1. The number of aliphatic hydroxyl groups excluding tert-OH is 1. The average molecular weight is 384 g/mol. The fourth-order valence-electron chi connectivity index (χ4n) is 2.12. The molecule has 1 N–H and O–H groups in total. The molecule has 2 aromatic rings. The molecule has 0 bridgehead atoms. The van der Waals surface area contributed by atoms with E-state index in [1.807, 2.05) is 0 Å². The smallest absolute Gasteiger partial charge is 0.439 e. The summed E-state index contributed by atoms with van der Waals surface area (Å²) in [5.41, 5.74) is -6.52. The second-order valence-electron chi connectivity index (χ2n) is 5.25. The summed E-state index contributed by atoms with van der Waals surface area (Å²) >= 11 is 0. The number of hydrogen-bond acceptors (Lipinski definition) is 2. The van der Waals surface area contributed by atoms with Crippen molar-refractivity contribution in [2.75, 3.05) is 0 Å². The number of fused-ring (bicyclic) bond motifs is 1. The van der Waals surface area contributed by atoms with Crippen LogP contribution in [0.25, 0.3) is 16.5 Å². The summed E-state index contributed by atoms with van der Waals surface area (Å²) in [6.45, 7) is 0. The molecule has 2 nitrogen and oxygen atoms in total. The van der Waals surface area contributed by atoms with E-state index in [4.69, 9.17) is 0 Å². The maximum Gasteiger partial charge on any atom is 0.439 e. The summed E-state index contributed by atoms with van der Waals surface area (Å²) in [5.74, 6) is -4.93. The molecular formula is C16H8F8O2. The van der Waals surface area contributed by atoms with E-state index in [-0.39, 0.29) is 10.9 Å². The van der Waals surface area contributed by atoms with E-state index >= 15 is 0 Å². The number of halogens is 8. The number of rotatable bonds is 3. The van der Waals surface area contributed by atoms with Crippen LogP contribution in [0.2, 0.25) is 0 Å². The Kier molecular flexibility index (Phi) is 4.73. The molecule has 0 fully saturated rings. The van der Waals surface area contributed by atoms with Crippen LogP contribution in [0.15, 0.2) is 42.5 Å². The van der Waals surface area contributed by atoms with Gasteiger partial charge in [-0.05, 0) is 29.0 Å². The van der Waals surface area contributed by atoms with Gasteiger partial charge in [-0.1, -0.05) is 18.2 Å². The Morgan fingerprint density at radius 3 is 1.88 bits per heavy atom. The van der Waals surface area contributed by atoms with Crippen molar-refractivity contribution >= 4 is 22.3 Å². The zero-order valence-electron chi connectivity index (χ0n) is 12.4. The summed E-state index contributed by atoms with van der Waals surface area (Å²) in [7, 11) is 0. The third kappa shape index (κ3) is 3.35. The lowest BCUT2D eigenvalue weighted by molar-refractivity contribution is -0.323. The number of aliphatic hydroxyl groups is 1. The van der Waals surface area contributed by atoms with Crippen molar-refractivity contribution in [2.45, 2.75) is 18.0 Å². The Balaban J connectivity index is 2.47. The first kappa shape index (κ1) is 19.7. The number of allylic oxidation sites excluding steroid dienone is 1. The summed E-state index contributed by atoms with van der Waals surface area (Å²) in [4.78, 5) is 11.3. The van der Waals surface area contributed by atoms with Crippen molar-refractivity contribution in [1.29, 1.82) is 0 Å². The van der Waals surface area contributed by atoms with Crippen molar-refractivity contribution in [3.63, 3.8) is 0 Å². The van der Waals surface area contributed by atoms with Crippen molar-refractivity contribution in [3.8, 4) is 0 Å². The first-order valence-electron chi connectivity index (χ1n) is 6.74. The molecule has 10 heteroatoms. The van der Waals surface area contributed by atoms with E-state index in [1.54, 1.807) is 0 Å². The van der Waals surface area contributed by atoms with Crippen LogP contribution in [-0.2, 0) is 4.79 Å². The predicted octanol–water partition coefficient (Wildman–Crippen LogP) is 5.28. The maximum absolute atomic E-state index is 13.6. The van der Waals surface area contributed by atoms with Gasteiger partial charge in [0.05, 0.1) is 0 Å². The Bertz CT molecular complexity index is 866. The molecule has 0 spiro atoms. The van der Waals surface area contributed by atoms with Gasteiger partial charge in [0, 0.05) is 11.6 Å². The summed E-state index contributed by atoms with van der Waals surface area (Å²) < 4.78 is 102. The van der Waals surface area contributed by atoms with Crippen LogP contribution < -0.4 is 0 Å². The van der Waals surface area contributed by atoms with E-state index < -0.39 is 41.5 Å². The normalized spacial score (nSPS) is 13.9. The Morgan fingerprint density at radius 2 is 1.35 bits per heavy atom. The molecule has 0 atom stereocenters. The number of ketones is 1. The highest BCUT2D eigenvalue weighted by Crippen LogP contribution is 2.47. The molecule has 0 amide bonds. The summed E-state index contributed by atoms with van der Waals surface area (Å²) in [6.07, 6.45) is -13.6. The second-order valence-corrected chi connectivity index (χ2v) is 5.25. The monoisotopic (exact) mass is 384 g/mol. The molecule has 0 unspecified atom stereocenters. The molecule has 0 radical (unpaired) electrons. The van der Waals surface area contributed by atoms with Crippen LogP contribution in [0, 0.1) is 5.82 Å². The van der Waals surface area contributed by atoms with Gasteiger partial charge in [0.1, 0.15) is 11.6 Å². The zero-order chi connectivity index (χ0) is 19.9. The first-order chi connectivity index (χ1) is 11.8. The van der Waals surface area contributed by atoms with Gasteiger partial charge in [-0.2, -0.15) is 26.3 Å². The van der Waals surface area contributed by atoms with Gasteiger partial charge in [0.2, 0.25) is 5.78 Å². The van der Waals surface area contributed by atoms with Gasteiger partial charge in [-0.25, -0.2) is 8.78 Å². The van der Waals surface area contributed by atoms with Gasteiger partial charge in [-0.3, -0.25) is 4.79 Å². The van der Waals surface area contributed by atoms with Crippen LogP contribution in [0.3, 0.4) is 0 Å². The molecule has 0 aliphatic rings. The van der Waals surface area contributed by atoms with Crippen molar-refractivity contribution < 1.29 is 45.0 Å². The van der Waals surface area contributed by atoms with Gasteiger partial charge < -0.3 is 5.11 Å².